The highest BCUT2D eigenvalue weighted by Gasteiger charge is 2.52. The van der Waals surface area contributed by atoms with Gasteiger partial charge < -0.3 is 14.0 Å². The van der Waals surface area contributed by atoms with Gasteiger partial charge in [0.25, 0.3) is 0 Å². The minimum Gasteiger partial charge on any atom is -0.465 e. The SMILES string of the molecule is CCOC(=O)C1(c2ccc(-c3ccc(-c4onc(C)c4N(C)C(=O)OC4CCCC4)cc3)cc2)CC1. The standard InChI is InChI=1S/C29H32N2O5/c1-4-34-27(32)29(17-18-29)23-15-13-21(14-16-23)20-9-11-22(12-10-20)26-25(19(2)30-36-26)31(3)28(33)35-24-7-5-6-8-24/h9-16,24H,4-8,17-18H2,1-3H3. The smallest absolute Gasteiger partial charge is 0.414 e. The second-order valence-electron chi connectivity index (χ2n) is 9.75. The second-order valence-corrected chi connectivity index (χ2v) is 9.75. The van der Waals surface area contributed by atoms with Gasteiger partial charge in [0.2, 0.25) is 0 Å². The summed E-state index contributed by atoms with van der Waals surface area (Å²) >= 11 is 0. The number of hydrogen-bond donors (Lipinski definition) is 0. The molecule has 0 saturated heterocycles. The number of benzene rings is 2. The first-order chi connectivity index (χ1) is 17.4. The summed E-state index contributed by atoms with van der Waals surface area (Å²) in [6.07, 6.45) is 5.30. The summed E-state index contributed by atoms with van der Waals surface area (Å²) in [6.45, 7) is 4.05. The highest BCUT2D eigenvalue weighted by atomic mass is 16.6. The van der Waals surface area contributed by atoms with Crippen LogP contribution in [0.3, 0.4) is 0 Å². The van der Waals surface area contributed by atoms with E-state index in [4.69, 9.17) is 14.0 Å². The quantitative estimate of drug-likeness (QED) is 0.357. The number of carbonyl (C=O) groups is 2. The Labute approximate surface area is 211 Å². The summed E-state index contributed by atoms with van der Waals surface area (Å²) in [6, 6.07) is 16.1. The third kappa shape index (κ3) is 4.50. The van der Waals surface area contributed by atoms with Crippen LogP contribution in [0.15, 0.2) is 53.1 Å². The summed E-state index contributed by atoms with van der Waals surface area (Å²) in [7, 11) is 1.69. The van der Waals surface area contributed by atoms with Crippen molar-refractivity contribution in [3.05, 3.63) is 59.8 Å². The maximum absolute atomic E-state index is 12.8. The van der Waals surface area contributed by atoms with Crippen molar-refractivity contribution < 1.29 is 23.6 Å². The first kappa shape index (κ1) is 24.1. The number of esters is 1. The van der Waals surface area contributed by atoms with E-state index in [1.165, 1.54) is 4.90 Å². The molecule has 0 spiro atoms. The van der Waals surface area contributed by atoms with Crippen LogP contribution in [0, 0.1) is 6.92 Å². The van der Waals surface area contributed by atoms with Crippen LogP contribution in [-0.2, 0) is 19.7 Å². The van der Waals surface area contributed by atoms with Crippen molar-refractivity contribution in [1.29, 1.82) is 0 Å². The molecule has 0 radical (unpaired) electrons. The summed E-state index contributed by atoms with van der Waals surface area (Å²) < 4.78 is 16.6. The molecule has 2 aliphatic carbocycles. The Bertz CT molecular complexity index is 1240. The average molecular weight is 489 g/mol. The molecule has 0 unspecified atom stereocenters. The third-order valence-corrected chi connectivity index (χ3v) is 7.34. The zero-order valence-electron chi connectivity index (χ0n) is 21.1. The molecule has 7 nitrogen and oxygen atoms in total. The van der Waals surface area contributed by atoms with Gasteiger partial charge in [0, 0.05) is 12.6 Å². The molecule has 2 saturated carbocycles. The first-order valence-electron chi connectivity index (χ1n) is 12.7. The van der Waals surface area contributed by atoms with E-state index in [2.05, 4.69) is 5.16 Å². The Hall–Kier alpha value is -3.61. The molecular weight excluding hydrogens is 456 g/mol. The van der Waals surface area contributed by atoms with Crippen molar-refractivity contribution in [3.63, 3.8) is 0 Å². The van der Waals surface area contributed by atoms with Gasteiger partial charge in [-0.25, -0.2) is 4.79 Å². The molecule has 1 aromatic heterocycles. The lowest BCUT2D eigenvalue weighted by Gasteiger charge is -2.20. The molecule has 2 aromatic carbocycles. The number of rotatable bonds is 7. The van der Waals surface area contributed by atoms with E-state index in [0.29, 0.717) is 23.7 Å². The van der Waals surface area contributed by atoms with Gasteiger partial charge in [-0.15, -0.1) is 0 Å². The maximum Gasteiger partial charge on any atom is 0.414 e. The van der Waals surface area contributed by atoms with Crippen LogP contribution >= 0.6 is 0 Å². The molecule has 0 N–H and O–H groups in total. The second kappa shape index (κ2) is 9.80. The fraction of sp³-hybridized carbons (Fsp3) is 0.414. The molecule has 0 aliphatic heterocycles. The zero-order valence-corrected chi connectivity index (χ0v) is 21.1. The zero-order chi connectivity index (χ0) is 25.3. The van der Waals surface area contributed by atoms with Crippen molar-refractivity contribution in [2.45, 2.75) is 63.9 Å². The van der Waals surface area contributed by atoms with Crippen LogP contribution in [-0.4, -0.2) is 37.0 Å². The van der Waals surface area contributed by atoms with Crippen LogP contribution in [0.5, 0.6) is 0 Å². The Morgan fingerprint density at radius 3 is 2.17 bits per heavy atom. The Morgan fingerprint density at radius 2 is 1.58 bits per heavy atom. The molecule has 188 valence electrons. The van der Waals surface area contributed by atoms with Crippen LogP contribution < -0.4 is 4.90 Å². The summed E-state index contributed by atoms with van der Waals surface area (Å²) in [5.41, 5.74) is 4.70. The number of amides is 1. The van der Waals surface area contributed by atoms with Crippen molar-refractivity contribution in [2.75, 3.05) is 18.6 Å². The fourth-order valence-electron chi connectivity index (χ4n) is 5.07. The summed E-state index contributed by atoms with van der Waals surface area (Å²) in [5, 5.41) is 4.11. The van der Waals surface area contributed by atoms with Crippen molar-refractivity contribution in [3.8, 4) is 22.5 Å². The molecule has 0 bridgehead atoms. The van der Waals surface area contributed by atoms with Crippen molar-refractivity contribution in [2.24, 2.45) is 0 Å². The number of carbonyl (C=O) groups excluding carboxylic acids is 2. The highest BCUT2D eigenvalue weighted by Crippen LogP contribution is 2.49. The highest BCUT2D eigenvalue weighted by molar-refractivity contribution is 5.93. The molecular formula is C29H32N2O5. The predicted octanol–water partition coefficient (Wildman–Crippen LogP) is 6.43. The Kier molecular flexibility index (Phi) is 6.56. The minimum absolute atomic E-state index is 0.0127. The largest absolute Gasteiger partial charge is 0.465 e. The van der Waals surface area contributed by atoms with Gasteiger partial charge in [-0.3, -0.25) is 9.69 Å². The van der Waals surface area contributed by atoms with Gasteiger partial charge in [-0.2, -0.15) is 0 Å². The minimum atomic E-state index is -0.468. The monoisotopic (exact) mass is 488 g/mol. The van der Waals surface area contributed by atoms with Gasteiger partial charge in [0.05, 0.1) is 12.0 Å². The normalized spacial score (nSPS) is 16.5. The molecule has 1 amide bonds. The van der Waals surface area contributed by atoms with Crippen LogP contribution in [0.4, 0.5) is 10.5 Å². The average Bonchev–Trinajstić information content (AvgIpc) is 3.39. The lowest BCUT2D eigenvalue weighted by Crippen LogP contribution is -2.30. The van der Waals surface area contributed by atoms with E-state index < -0.39 is 5.41 Å². The molecule has 36 heavy (non-hydrogen) atoms. The lowest BCUT2D eigenvalue weighted by molar-refractivity contribution is -0.146. The molecule has 1 heterocycles. The van der Waals surface area contributed by atoms with Crippen LogP contribution in [0.2, 0.25) is 0 Å². The number of anilines is 1. The maximum atomic E-state index is 12.8. The predicted molar refractivity (Wildman–Crippen MR) is 137 cm³/mol. The third-order valence-electron chi connectivity index (χ3n) is 7.34. The first-order valence-corrected chi connectivity index (χ1v) is 12.7. The number of aromatic nitrogens is 1. The number of hydrogen-bond acceptors (Lipinski definition) is 6. The molecule has 2 aliphatic rings. The van der Waals surface area contributed by atoms with E-state index in [-0.39, 0.29) is 18.2 Å². The van der Waals surface area contributed by atoms with Crippen molar-refractivity contribution in [1.82, 2.24) is 5.16 Å². The number of ether oxygens (including phenoxy) is 2. The van der Waals surface area contributed by atoms with Crippen LogP contribution in [0.25, 0.3) is 22.5 Å². The van der Waals surface area contributed by atoms with Gasteiger partial charge >= 0.3 is 12.1 Å². The van der Waals surface area contributed by atoms with E-state index in [9.17, 15) is 9.59 Å². The number of aryl methyl sites for hydroxylation is 1. The molecule has 3 aromatic rings. The van der Waals surface area contributed by atoms with E-state index in [0.717, 1.165) is 60.8 Å². The van der Waals surface area contributed by atoms with Gasteiger partial charge in [0.15, 0.2) is 5.76 Å². The molecule has 5 rings (SSSR count). The Balaban J connectivity index is 1.33. The summed E-state index contributed by atoms with van der Waals surface area (Å²) in [5.74, 6) is 0.405. The lowest BCUT2D eigenvalue weighted by atomic mass is 9.93. The van der Waals surface area contributed by atoms with Gasteiger partial charge in [0.1, 0.15) is 17.5 Å². The van der Waals surface area contributed by atoms with Gasteiger partial charge in [-0.05, 0) is 69.1 Å². The van der Waals surface area contributed by atoms with Crippen LogP contribution in [0.1, 0.15) is 56.7 Å². The van der Waals surface area contributed by atoms with E-state index in [1.54, 1.807) is 7.05 Å². The molecule has 7 heteroatoms. The molecule has 2 fully saturated rings. The summed E-state index contributed by atoms with van der Waals surface area (Å²) in [4.78, 5) is 26.6. The van der Waals surface area contributed by atoms with E-state index >= 15 is 0 Å². The van der Waals surface area contributed by atoms with Gasteiger partial charge in [-0.1, -0.05) is 53.7 Å². The Morgan fingerprint density at radius 1 is 1.00 bits per heavy atom. The fourth-order valence-corrected chi connectivity index (χ4v) is 5.07. The van der Waals surface area contributed by atoms with E-state index in [1.807, 2.05) is 62.4 Å². The number of nitrogens with zero attached hydrogens (tertiary/aromatic N) is 2. The molecule has 0 atom stereocenters. The van der Waals surface area contributed by atoms with Crippen molar-refractivity contribution >= 4 is 17.7 Å². The topological polar surface area (TPSA) is 81.9 Å².